The van der Waals surface area contributed by atoms with Crippen LogP contribution >= 0.6 is 23.6 Å². The minimum absolute atomic E-state index is 0.124. The van der Waals surface area contributed by atoms with Crippen LogP contribution in [0.1, 0.15) is 80.5 Å². The smallest absolute Gasteiger partial charge is 0.348 e. The number of hydrogen-bond donors (Lipinski definition) is 2. The summed E-state index contributed by atoms with van der Waals surface area (Å²) >= 11 is 6.61. The lowest BCUT2D eigenvalue weighted by Crippen LogP contribution is -2.47. The zero-order valence-corrected chi connectivity index (χ0v) is 19.7. The highest BCUT2D eigenvalue weighted by Gasteiger charge is 2.29. The minimum atomic E-state index is -0.494. The van der Waals surface area contributed by atoms with Gasteiger partial charge >= 0.3 is 11.9 Å². The molecule has 1 heterocycles. The van der Waals surface area contributed by atoms with E-state index in [-0.39, 0.29) is 24.2 Å². The van der Waals surface area contributed by atoms with E-state index in [0.717, 1.165) is 17.8 Å². The van der Waals surface area contributed by atoms with Crippen LogP contribution in [0.3, 0.4) is 0 Å². The first kappa shape index (κ1) is 24.4. The third-order valence-corrected chi connectivity index (χ3v) is 5.13. The number of thiophene rings is 1. The summed E-state index contributed by atoms with van der Waals surface area (Å²) in [5.74, 6) is -0.957. The summed E-state index contributed by atoms with van der Waals surface area (Å²) in [5, 5.41) is 7.24. The van der Waals surface area contributed by atoms with Crippen LogP contribution in [0.15, 0.2) is 0 Å². The van der Waals surface area contributed by atoms with Gasteiger partial charge in [-0.15, -0.1) is 11.3 Å². The third-order valence-electron chi connectivity index (χ3n) is 3.74. The quantitative estimate of drug-likeness (QED) is 0.472. The van der Waals surface area contributed by atoms with E-state index in [1.807, 2.05) is 0 Å². The molecule has 2 N–H and O–H groups in total. The van der Waals surface area contributed by atoms with E-state index in [1.54, 1.807) is 20.8 Å². The van der Waals surface area contributed by atoms with Crippen LogP contribution in [0, 0.1) is 12.3 Å². The van der Waals surface area contributed by atoms with Crippen LogP contribution in [0.4, 0.5) is 5.00 Å². The second-order valence-corrected chi connectivity index (χ2v) is 9.83. The Morgan fingerprint density at radius 3 is 2.07 bits per heavy atom. The van der Waals surface area contributed by atoms with Crippen molar-refractivity contribution in [2.75, 3.05) is 18.5 Å². The normalized spacial score (nSPS) is 11.7. The Balaban J connectivity index is 3.14. The van der Waals surface area contributed by atoms with Crippen molar-refractivity contribution in [1.29, 1.82) is 0 Å². The van der Waals surface area contributed by atoms with E-state index < -0.39 is 11.9 Å². The highest BCUT2D eigenvalue weighted by molar-refractivity contribution is 7.80. The lowest BCUT2D eigenvalue weighted by Gasteiger charge is -2.34. The average molecular weight is 429 g/mol. The molecule has 0 aliphatic rings. The highest BCUT2D eigenvalue weighted by Crippen LogP contribution is 2.34. The summed E-state index contributed by atoms with van der Waals surface area (Å²) in [6.45, 7) is 16.3. The summed E-state index contributed by atoms with van der Waals surface area (Å²) in [5.41, 5.74) is 0.718. The first-order chi connectivity index (χ1) is 12.8. The molecule has 1 rings (SSSR count). The van der Waals surface area contributed by atoms with Crippen LogP contribution < -0.4 is 10.6 Å². The second-order valence-electron chi connectivity index (χ2n) is 8.40. The fraction of sp³-hybridized carbons (Fsp3) is 0.650. The Hall–Kier alpha value is -1.67. The largest absolute Gasteiger partial charge is 0.462 e. The number of hydrogen-bond acceptors (Lipinski definition) is 6. The zero-order valence-electron chi connectivity index (χ0n) is 18.1. The molecule has 1 aromatic heterocycles. The van der Waals surface area contributed by atoms with Crippen molar-refractivity contribution in [2.24, 2.45) is 5.41 Å². The second kappa shape index (κ2) is 9.69. The van der Waals surface area contributed by atoms with Crippen LogP contribution in [0.2, 0.25) is 0 Å². The summed E-state index contributed by atoms with van der Waals surface area (Å²) in [4.78, 5) is 25.1. The number of nitrogens with one attached hydrogen (secondary N) is 2. The fourth-order valence-electron chi connectivity index (χ4n) is 3.25. The lowest BCUT2D eigenvalue weighted by molar-refractivity contribution is 0.0527. The van der Waals surface area contributed by atoms with Gasteiger partial charge in [0.1, 0.15) is 9.88 Å². The maximum Gasteiger partial charge on any atom is 0.348 e. The monoisotopic (exact) mass is 428 g/mol. The number of ether oxygens (including phenoxy) is 2. The summed E-state index contributed by atoms with van der Waals surface area (Å²) in [7, 11) is 0. The number of thiocarbonyl (C=S) groups is 1. The maximum absolute atomic E-state index is 12.5. The number of anilines is 1. The van der Waals surface area contributed by atoms with Gasteiger partial charge in [0.2, 0.25) is 0 Å². The van der Waals surface area contributed by atoms with Gasteiger partial charge in [0.05, 0.1) is 18.8 Å². The summed E-state index contributed by atoms with van der Waals surface area (Å²) < 4.78 is 10.3. The summed E-state index contributed by atoms with van der Waals surface area (Å²) in [6.07, 6.45) is 0.893. The molecule has 0 unspecified atom stereocenters. The SMILES string of the molecule is CCOC(=O)c1sc(NC(=S)NC(C)(C)CC(C)(C)C)c(C(=O)OCC)c1C. The Morgan fingerprint density at radius 2 is 1.57 bits per heavy atom. The highest BCUT2D eigenvalue weighted by atomic mass is 32.1. The number of rotatable bonds is 7. The molecule has 8 heteroatoms. The standard InChI is InChI=1S/C20H32N2O4S2/c1-9-25-16(23)13-12(3)14(17(24)26-10-2)28-15(13)21-18(27)22-20(7,8)11-19(4,5)6/h9-11H2,1-8H3,(H2,21,22,27). The molecule has 0 atom stereocenters. The van der Waals surface area contributed by atoms with Crippen molar-refractivity contribution < 1.29 is 19.1 Å². The Kier molecular flexibility index (Phi) is 8.44. The van der Waals surface area contributed by atoms with E-state index in [1.165, 1.54) is 0 Å². The van der Waals surface area contributed by atoms with Gasteiger partial charge in [-0.25, -0.2) is 9.59 Å². The molecule has 0 spiro atoms. The molecule has 0 aliphatic heterocycles. The van der Waals surface area contributed by atoms with Gasteiger partial charge in [-0.1, -0.05) is 20.8 Å². The lowest BCUT2D eigenvalue weighted by atomic mass is 9.82. The van der Waals surface area contributed by atoms with E-state index in [9.17, 15) is 9.59 Å². The first-order valence-electron chi connectivity index (χ1n) is 9.38. The predicted molar refractivity (Wildman–Crippen MR) is 118 cm³/mol. The molecule has 28 heavy (non-hydrogen) atoms. The van der Waals surface area contributed by atoms with Crippen molar-refractivity contribution in [3.8, 4) is 0 Å². The van der Waals surface area contributed by atoms with Crippen molar-refractivity contribution in [2.45, 2.75) is 67.3 Å². The first-order valence-corrected chi connectivity index (χ1v) is 10.6. The molecule has 0 fully saturated rings. The van der Waals surface area contributed by atoms with Crippen LogP contribution in [0.5, 0.6) is 0 Å². The molecule has 0 aliphatic carbocycles. The van der Waals surface area contributed by atoms with E-state index >= 15 is 0 Å². The van der Waals surface area contributed by atoms with Crippen molar-refractivity contribution >= 4 is 45.6 Å². The summed E-state index contributed by atoms with van der Waals surface area (Å²) in [6, 6.07) is 0. The van der Waals surface area contributed by atoms with E-state index in [2.05, 4.69) is 45.3 Å². The topological polar surface area (TPSA) is 76.7 Å². The number of esters is 2. The third kappa shape index (κ3) is 7.05. The molecule has 158 valence electrons. The van der Waals surface area contributed by atoms with Crippen molar-refractivity contribution in [3.05, 3.63) is 16.0 Å². The van der Waals surface area contributed by atoms with Gasteiger partial charge in [-0.2, -0.15) is 0 Å². The van der Waals surface area contributed by atoms with Crippen molar-refractivity contribution in [3.63, 3.8) is 0 Å². The Labute approximate surface area is 177 Å². The fourth-order valence-corrected chi connectivity index (χ4v) is 4.79. The average Bonchev–Trinajstić information content (AvgIpc) is 2.80. The zero-order chi connectivity index (χ0) is 21.7. The molecule has 0 bridgehead atoms. The predicted octanol–water partition coefficient (Wildman–Crippen LogP) is 4.91. The molecule has 0 aromatic carbocycles. The van der Waals surface area contributed by atoms with E-state index in [0.29, 0.717) is 26.1 Å². The van der Waals surface area contributed by atoms with Gasteiger partial charge in [0.25, 0.3) is 0 Å². The van der Waals surface area contributed by atoms with Crippen LogP contribution in [-0.2, 0) is 9.47 Å². The maximum atomic E-state index is 12.5. The van der Waals surface area contributed by atoms with Gasteiger partial charge in [0, 0.05) is 5.54 Å². The molecular formula is C20H32N2O4S2. The Bertz CT molecular complexity index is 733. The molecule has 0 amide bonds. The minimum Gasteiger partial charge on any atom is -0.462 e. The van der Waals surface area contributed by atoms with Gasteiger partial charge in [-0.05, 0) is 64.2 Å². The Morgan fingerprint density at radius 1 is 1.04 bits per heavy atom. The number of carbonyl (C=O) groups excluding carboxylic acids is 2. The molecule has 0 saturated heterocycles. The van der Waals surface area contributed by atoms with Gasteiger partial charge < -0.3 is 20.1 Å². The van der Waals surface area contributed by atoms with Crippen molar-refractivity contribution in [1.82, 2.24) is 5.32 Å². The van der Waals surface area contributed by atoms with Crippen LogP contribution in [0.25, 0.3) is 0 Å². The molecule has 6 nitrogen and oxygen atoms in total. The van der Waals surface area contributed by atoms with Crippen LogP contribution in [-0.4, -0.2) is 35.8 Å². The van der Waals surface area contributed by atoms with E-state index in [4.69, 9.17) is 21.7 Å². The molecule has 1 aromatic rings. The molecule has 0 radical (unpaired) electrons. The molecular weight excluding hydrogens is 396 g/mol. The van der Waals surface area contributed by atoms with Gasteiger partial charge in [-0.3, -0.25) is 0 Å². The molecule has 0 saturated carbocycles. The number of carbonyl (C=O) groups is 2. The van der Waals surface area contributed by atoms with Gasteiger partial charge in [0.15, 0.2) is 5.11 Å².